The largest absolute Gasteiger partial charge is 0.353 e. The zero-order valence-electron chi connectivity index (χ0n) is 13.0. The van der Waals surface area contributed by atoms with Crippen LogP contribution in [0.5, 0.6) is 0 Å². The quantitative estimate of drug-likeness (QED) is 0.781. The average molecular weight is 310 g/mol. The van der Waals surface area contributed by atoms with E-state index in [0.717, 1.165) is 23.9 Å². The van der Waals surface area contributed by atoms with Crippen LogP contribution in [0.25, 0.3) is 11.0 Å². The van der Waals surface area contributed by atoms with Gasteiger partial charge in [0.25, 0.3) is 0 Å². The van der Waals surface area contributed by atoms with E-state index in [1.165, 1.54) is 6.07 Å². The van der Waals surface area contributed by atoms with E-state index in [1.54, 1.807) is 6.07 Å². The number of rotatable bonds is 3. The zero-order valence-corrected chi connectivity index (χ0v) is 13.0. The molecule has 0 saturated heterocycles. The van der Waals surface area contributed by atoms with E-state index < -0.39 is 0 Å². The molecule has 1 saturated carbocycles. The lowest BCUT2D eigenvalue weighted by atomic mass is 9.69. The highest BCUT2D eigenvalue weighted by atomic mass is 19.1. The average Bonchev–Trinajstić information content (AvgIpc) is 2.85. The first kappa shape index (κ1) is 14.2. The SMILES string of the molecule is Cn1c(NC2CC(N)(c3ccccc3)C2)nc2c(F)cccc21. The van der Waals surface area contributed by atoms with Crippen LogP contribution in [0.1, 0.15) is 18.4 Å². The third-order valence-corrected chi connectivity index (χ3v) is 4.77. The van der Waals surface area contributed by atoms with Crippen LogP contribution in [0.15, 0.2) is 48.5 Å². The van der Waals surface area contributed by atoms with Gasteiger partial charge in [0, 0.05) is 18.6 Å². The molecule has 3 aromatic rings. The summed E-state index contributed by atoms with van der Waals surface area (Å²) in [7, 11) is 1.89. The number of halogens is 1. The monoisotopic (exact) mass is 310 g/mol. The van der Waals surface area contributed by atoms with Gasteiger partial charge in [-0.05, 0) is 30.5 Å². The highest BCUT2D eigenvalue weighted by molar-refractivity contribution is 5.79. The number of hydrogen-bond acceptors (Lipinski definition) is 3. The summed E-state index contributed by atoms with van der Waals surface area (Å²) in [6, 6.07) is 15.4. The van der Waals surface area contributed by atoms with E-state index >= 15 is 0 Å². The van der Waals surface area contributed by atoms with Gasteiger partial charge >= 0.3 is 0 Å². The van der Waals surface area contributed by atoms with Gasteiger partial charge in [-0.2, -0.15) is 0 Å². The second-order valence-corrected chi connectivity index (χ2v) is 6.37. The van der Waals surface area contributed by atoms with Crippen molar-refractivity contribution in [3.05, 3.63) is 59.9 Å². The maximum absolute atomic E-state index is 13.8. The van der Waals surface area contributed by atoms with Gasteiger partial charge in [0.05, 0.1) is 5.52 Å². The van der Waals surface area contributed by atoms with Gasteiger partial charge in [-0.25, -0.2) is 9.37 Å². The maximum atomic E-state index is 13.8. The Morgan fingerprint density at radius 1 is 1.17 bits per heavy atom. The Balaban J connectivity index is 1.53. The van der Waals surface area contributed by atoms with Gasteiger partial charge in [0.1, 0.15) is 5.52 Å². The van der Waals surface area contributed by atoms with Crippen molar-refractivity contribution in [1.82, 2.24) is 9.55 Å². The van der Waals surface area contributed by atoms with Crippen LogP contribution >= 0.6 is 0 Å². The van der Waals surface area contributed by atoms with Crippen LogP contribution in [-0.4, -0.2) is 15.6 Å². The number of fused-ring (bicyclic) bond motifs is 1. The van der Waals surface area contributed by atoms with Gasteiger partial charge in [-0.1, -0.05) is 36.4 Å². The molecular weight excluding hydrogens is 291 g/mol. The van der Waals surface area contributed by atoms with E-state index in [0.29, 0.717) is 11.5 Å². The fraction of sp³-hybridized carbons (Fsp3) is 0.278. The minimum absolute atomic E-state index is 0.249. The molecule has 0 spiro atoms. The topological polar surface area (TPSA) is 55.9 Å². The van der Waals surface area contributed by atoms with E-state index in [2.05, 4.69) is 22.4 Å². The molecule has 0 atom stereocenters. The van der Waals surface area contributed by atoms with Crippen molar-refractivity contribution in [2.24, 2.45) is 12.8 Å². The Hall–Kier alpha value is -2.40. The normalized spacial score (nSPS) is 23.7. The van der Waals surface area contributed by atoms with Crippen molar-refractivity contribution < 1.29 is 4.39 Å². The van der Waals surface area contributed by atoms with Gasteiger partial charge < -0.3 is 15.6 Å². The van der Waals surface area contributed by atoms with Crippen molar-refractivity contribution in [1.29, 1.82) is 0 Å². The summed E-state index contributed by atoms with van der Waals surface area (Å²) in [5, 5.41) is 3.39. The molecule has 3 N–H and O–H groups in total. The second kappa shape index (κ2) is 5.06. The molecule has 2 aromatic carbocycles. The summed E-state index contributed by atoms with van der Waals surface area (Å²) < 4.78 is 15.7. The fourth-order valence-corrected chi connectivity index (χ4v) is 3.42. The van der Waals surface area contributed by atoms with Crippen LogP contribution in [0, 0.1) is 5.82 Å². The standard InChI is InChI=1S/C18H19FN4/c1-23-15-9-5-8-14(19)16(15)22-17(23)21-13-10-18(20,11-13)12-6-3-2-4-7-12/h2-9,13H,10-11,20H2,1H3,(H,21,22). The van der Waals surface area contributed by atoms with E-state index in [9.17, 15) is 4.39 Å². The third-order valence-electron chi connectivity index (χ3n) is 4.77. The van der Waals surface area contributed by atoms with Gasteiger partial charge in [0.2, 0.25) is 5.95 Å². The summed E-state index contributed by atoms with van der Waals surface area (Å²) in [6.07, 6.45) is 1.67. The molecule has 0 amide bonds. The number of nitrogens with zero attached hydrogens (tertiary/aromatic N) is 2. The molecule has 0 aliphatic heterocycles. The van der Waals surface area contributed by atoms with Crippen LogP contribution in [-0.2, 0) is 12.6 Å². The number of imidazole rings is 1. The molecule has 1 aromatic heterocycles. The summed E-state index contributed by atoms with van der Waals surface area (Å²) >= 11 is 0. The Kier molecular flexibility index (Phi) is 3.13. The molecule has 4 rings (SSSR count). The Labute approximate surface area is 134 Å². The molecular formula is C18H19FN4. The van der Waals surface area contributed by atoms with E-state index in [-0.39, 0.29) is 17.4 Å². The summed E-state index contributed by atoms with van der Waals surface area (Å²) in [4.78, 5) is 4.39. The molecule has 0 bridgehead atoms. The van der Waals surface area contributed by atoms with Crippen LogP contribution in [0.4, 0.5) is 10.3 Å². The lowest BCUT2D eigenvalue weighted by Crippen LogP contribution is -2.54. The number of aryl methyl sites for hydroxylation is 1. The van der Waals surface area contributed by atoms with Crippen molar-refractivity contribution >= 4 is 17.0 Å². The highest BCUT2D eigenvalue weighted by Gasteiger charge is 2.42. The Bertz CT molecular complexity index is 850. The number of nitrogens with two attached hydrogens (primary N) is 1. The van der Waals surface area contributed by atoms with Crippen molar-refractivity contribution in [3.63, 3.8) is 0 Å². The molecule has 0 unspecified atom stereocenters. The van der Waals surface area contributed by atoms with Gasteiger partial charge in [-0.3, -0.25) is 0 Å². The van der Waals surface area contributed by atoms with Gasteiger partial charge in [0.15, 0.2) is 5.82 Å². The Morgan fingerprint density at radius 2 is 1.91 bits per heavy atom. The summed E-state index contributed by atoms with van der Waals surface area (Å²) in [6.45, 7) is 0. The van der Waals surface area contributed by atoms with Crippen LogP contribution in [0.2, 0.25) is 0 Å². The number of aromatic nitrogens is 2. The summed E-state index contributed by atoms with van der Waals surface area (Å²) in [5.74, 6) is 0.391. The maximum Gasteiger partial charge on any atom is 0.203 e. The molecule has 23 heavy (non-hydrogen) atoms. The molecule has 5 heteroatoms. The molecule has 0 radical (unpaired) electrons. The third kappa shape index (κ3) is 2.28. The first-order valence-electron chi connectivity index (χ1n) is 7.79. The summed E-state index contributed by atoms with van der Waals surface area (Å²) in [5.41, 5.74) is 8.54. The minimum atomic E-state index is -0.294. The Morgan fingerprint density at radius 3 is 2.61 bits per heavy atom. The number of anilines is 1. The highest BCUT2D eigenvalue weighted by Crippen LogP contribution is 2.40. The molecule has 1 aliphatic rings. The number of hydrogen-bond donors (Lipinski definition) is 2. The first-order valence-corrected chi connectivity index (χ1v) is 7.79. The number of nitrogens with one attached hydrogen (secondary N) is 1. The van der Waals surface area contributed by atoms with Crippen molar-refractivity contribution in [2.45, 2.75) is 24.4 Å². The lowest BCUT2D eigenvalue weighted by Gasteiger charge is -2.45. The zero-order chi connectivity index (χ0) is 16.0. The van der Waals surface area contributed by atoms with Crippen molar-refractivity contribution in [2.75, 3.05) is 5.32 Å². The predicted molar refractivity (Wildman–Crippen MR) is 89.6 cm³/mol. The number of benzene rings is 2. The van der Waals surface area contributed by atoms with Gasteiger partial charge in [-0.15, -0.1) is 0 Å². The molecule has 118 valence electrons. The van der Waals surface area contributed by atoms with Crippen LogP contribution in [0.3, 0.4) is 0 Å². The number of para-hydroxylation sites is 1. The lowest BCUT2D eigenvalue weighted by molar-refractivity contribution is 0.225. The fourth-order valence-electron chi connectivity index (χ4n) is 3.42. The van der Waals surface area contributed by atoms with E-state index in [4.69, 9.17) is 5.73 Å². The molecule has 1 aliphatic carbocycles. The minimum Gasteiger partial charge on any atom is -0.353 e. The smallest absolute Gasteiger partial charge is 0.203 e. The van der Waals surface area contributed by atoms with E-state index in [1.807, 2.05) is 35.9 Å². The molecule has 1 heterocycles. The molecule has 4 nitrogen and oxygen atoms in total. The molecule has 1 fully saturated rings. The van der Waals surface area contributed by atoms with Crippen molar-refractivity contribution in [3.8, 4) is 0 Å². The second-order valence-electron chi connectivity index (χ2n) is 6.37. The van der Waals surface area contributed by atoms with Crippen LogP contribution < -0.4 is 11.1 Å². The predicted octanol–water partition coefficient (Wildman–Crippen LogP) is 3.14. The first-order chi connectivity index (χ1) is 11.1.